The van der Waals surface area contributed by atoms with Crippen molar-refractivity contribution in [1.82, 2.24) is 5.32 Å². The Morgan fingerprint density at radius 2 is 2.19 bits per heavy atom. The number of carbonyl (C=O) groups is 1. The SMILES string of the molecule is Cc1ccc(SOCC2CCC(=O)N2)cc1. The Morgan fingerprint density at radius 3 is 2.81 bits per heavy atom. The lowest BCUT2D eigenvalue weighted by Crippen LogP contribution is -2.28. The lowest BCUT2D eigenvalue weighted by molar-refractivity contribution is -0.119. The highest BCUT2D eigenvalue weighted by molar-refractivity contribution is 7.94. The number of carbonyl (C=O) groups excluding carboxylic acids is 1. The van der Waals surface area contributed by atoms with Crippen molar-refractivity contribution in [3.05, 3.63) is 29.8 Å². The molecular weight excluding hydrogens is 222 g/mol. The van der Waals surface area contributed by atoms with Gasteiger partial charge in [-0.25, -0.2) is 0 Å². The lowest BCUT2D eigenvalue weighted by atomic mass is 10.2. The van der Waals surface area contributed by atoms with Crippen molar-refractivity contribution in [1.29, 1.82) is 0 Å². The van der Waals surface area contributed by atoms with Crippen molar-refractivity contribution >= 4 is 17.9 Å². The van der Waals surface area contributed by atoms with Crippen molar-refractivity contribution < 1.29 is 8.98 Å². The zero-order chi connectivity index (χ0) is 11.4. The Hall–Kier alpha value is -1.00. The molecule has 86 valence electrons. The molecule has 1 unspecified atom stereocenters. The van der Waals surface area contributed by atoms with Crippen LogP contribution in [0.3, 0.4) is 0 Å². The molecule has 4 heteroatoms. The fourth-order valence-electron chi connectivity index (χ4n) is 1.58. The predicted molar refractivity (Wildman–Crippen MR) is 64.2 cm³/mol. The van der Waals surface area contributed by atoms with Crippen LogP contribution in [0.2, 0.25) is 0 Å². The van der Waals surface area contributed by atoms with Crippen LogP contribution in [-0.2, 0) is 8.98 Å². The first kappa shape index (κ1) is 11.5. The molecule has 1 heterocycles. The van der Waals surface area contributed by atoms with E-state index in [0.717, 1.165) is 11.3 Å². The molecule has 0 saturated carbocycles. The van der Waals surface area contributed by atoms with Crippen molar-refractivity contribution in [2.75, 3.05) is 6.61 Å². The van der Waals surface area contributed by atoms with Gasteiger partial charge < -0.3 is 9.50 Å². The van der Waals surface area contributed by atoms with E-state index in [9.17, 15) is 4.79 Å². The molecular formula is C12H15NO2S. The summed E-state index contributed by atoms with van der Waals surface area (Å²) in [6.45, 7) is 2.63. The molecule has 0 spiro atoms. The van der Waals surface area contributed by atoms with Gasteiger partial charge in [-0.1, -0.05) is 17.7 Å². The third-order valence-corrected chi connectivity index (χ3v) is 3.25. The topological polar surface area (TPSA) is 38.3 Å². The van der Waals surface area contributed by atoms with E-state index >= 15 is 0 Å². The second-order valence-electron chi connectivity index (χ2n) is 3.98. The van der Waals surface area contributed by atoms with E-state index in [4.69, 9.17) is 4.18 Å². The van der Waals surface area contributed by atoms with Gasteiger partial charge in [-0.2, -0.15) is 0 Å². The largest absolute Gasteiger partial charge is 0.351 e. The van der Waals surface area contributed by atoms with Gasteiger partial charge in [0.1, 0.15) is 0 Å². The second-order valence-corrected chi connectivity index (χ2v) is 4.86. The molecule has 2 rings (SSSR count). The normalized spacial score (nSPS) is 19.8. The summed E-state index contributed by atoms with van der Waals surface area (Å²) in [5.41, 5.74) is 1.24. The minimum Gasteiger partial charge on any atom is -0.351 e. The monoisotopic (exact) mass is 237 g/mol. The van der Waals surface area contributed by atoms with Gasteiger partial charge in [0.05, 0.1) is 12.6 Å². The second kappa shape index (κ2) is 5.37. The number of hydrogen-bond donors (Lipinski definition) is 1. The molecule has 1 aliphatic rings. The van der Waals surface area contributed by atoms with Crippen molar-refractivity contribution in [2.45, 2.75) is 30.7 Å². The van der Waals surface area contributed by atoms with E-state index in [1.807, 2.05) is 12.1 Å². The van der Waals surface area contributed by atoms with Crippen LogP contribution in [0.15, 0.2) is 29.2 Å². The predicted octanol–water partition coefficient (Wildman–Crippen LogP) is 2.30. The zero-order valence-corrected chi connectivity index (χ0v) is 10.0. The van der Waals surface area contributed by atoms with Gasteiger partial charge in [-0.05, 0) is 25.5 Å². The molecule has 0 aliphatic carbocycles. The molecule has 0 bridgehead atoms. The van der Waals surface area contributed by atoms with Crippen LogP contribution in [-0.4, -0.2) is 18.6 Å². The number of aryl methyl sites for hydroxylation is 1. The highest BCUT2D eigenvalue weighted by Crippen LogP contribution is 2.20. The van der Waals surface area contributed by atoms with Crippen molar-refractivity contribution in [2.24, 2.45) is 0 Å². The third-order valence-electron chi connectivity index (χ3n) is 2.53. The summed E-state index contributed by atoms with van der Waals surface area (Å²) in [6, 6.07) is 8.37. The summed E-state index contributed by atoms with van der Waals surface area (Å²) >= 11 is 1.37. The van der Waals surface area contributed by atoms with Crippen LogP contribution in [0.1, 0.15) is 18.4 Å². The minimum atomic E-state index is 0.133. The van der Waals surface area contributed by atoms with Crippen LogP contribution in [0, 0.1) is 6.92 Å². The number of benzene rings is 1. The number of hydrogen-bond acceptors (Lipinski definition) is 3. The zero-order valence-electron chi connectivity index (χ0n) is 9.23. The average molecular weight is 237 g/mol. The molecule has 1 fully saturated rings. The fourth-order valence-corrected chi connectivity index (χ4v) is 2.20. The smallest absolute Gasteiger partial charge is 0.220 e. The first-order valence-corrected chi connectivity index (χ1v) is 6.14. The molecule has 1 atom stereocenters. The molecule has 1 N–H and O–H groups in total. The van der Waals surface area contributed by atoms with E-state index in [2.05, 4.69) is 24.4 Å². The molecule has 1 amide bonds. The Bertz CT molecular complexity index is 364. The third kappa shape index (κ3) is 3.25. The van der Waals surface area contributed by atoms with E-state index < -0.39 is 0 Å². The fraction of sp³-hybridized carbons (Fsp3) is 0.417. The Kier molecular flexibility index (Phi) is 3.85. The van der Waals surface area contributed by atoms with E-state index in [1.54, 1.807) is 0 Å². The first-order valence-electron chi connectivity index (χ1n) is 5.39. The van der Waals surface area contributed by atoms with Gasteiger partial charge >= 0.3 is 0 Å². The maximum Gasteiger partial charge on any atom is 0.220 e. The Balaban J connectivity index is 1.72. The lowest BCUT2D eigenvalue weighted by Gasteiger charge is -2.09. The number of rotatable bonds is 4. The number of nitrogens with one attached hydrogen (secondary N) is 1. The highest BCUT2D eigenvalue weighted by atomic mass is 32.2. The summed E-state index contributed by atoms with van der Waals surface area (Å²) in [7, 11) is 0. The maximum absolute atomic E-state index is 11.0. The summed E-state index contributed by atoms with van der Waals surface area (Å²) < 4.78 is 5.49. The maximum atomic E-state index is 11.0. The van der Waals surface area contributed by atoms with Crippen LogP contribution in [0.25, 0.3) is 0 Å². The molecule has 3 nitrogen and oxygen atoms in total. The van der Waals surface area contributed by atoms with Crippen LogP contribution < -0.4 is 5.32 Å². The molecule has 0 aromatic heterocycles. The van der Waals surface area contributed by atoms with Gasteiger partial charge in [0, 0.05) is 23.4 Å². The van der Waals surface area contributed by atoms with Crippen LogP contribution in [0.5, 0.6) is 0 Å². The Labute approximate surface area is 99.8 Å². The molecule has 1 saturated heterocycles. The summed E-state index contributed by atoms with van der Waals surface area (Å²) in [5.74, 6) is 0.133. The molecule has 16 heavy (non-hydrogen) atoms. The first-order chi connectivity index (χ1) is 7.74. The highest BCUT2D eigenvalue weighted by Gasteiger charge is 2.20. The van der Waals surface area contributed by atoms with Crippen LogP contribution >= 0.6 is 12.0 Å². The van der Waals surface area contributed by atoms with E-state index in [0.29, 0.717) is 13.0 Å². The van der Waals surface area contributed by atoms with Gasteiger partial charge in [0.15, 0.2) is 0 Å². The standard InChI is InChI=1S/C12H15NO2S/c1-9-2-5-11(6-3-9)16-15-8-10-4-7-12(14)13-10/h2-3,5-6,10H,4,7-8H2,1H3,(H,13,14). The molecule has 1 aliphatic heterocycles. The van der Waals surface area contributed by atoms with E-state index in [1.165, 1.54) is 17.6 Å². The summed E-state index contributed by atoms with van der Waals surface area (Å²) in [6.07, 6.45) is 1.51. The van der Waals surface area contributed by atoms with Crippen molar-refractivity contribution in [3.8, 4) is 0 Å². The average Bonchev–Trinajstić information content (AvgIpc) is 2.67. The summed E-state index contributed by atoms with van der Waals surface area (Å²) in [4.78, 5) is 12.0. The molecule has 1 aromatic carbocycles. The van der Waals surface area contributed by atoms with E-state index in [-0.39, 0.29) is 11.9 Å². The molecule has 1 aromatic rings. The van der Waals surface area contributed by atoms with Gasteiger partial charge in [0.25, 0.3) is 0 Å². The van der Waals surface area contributed by atoms with Gasteiger partial charge in [-0.15, -0.1) is 0 Å². The van der Waals surface area contributed by atoms with Crippen LogP contribution in [0.4, 0.5) is 0 Å². The number of amides is 1. The minimum absolute atomic E-state index is 0.133. The molecule has 0 radical (unpaired) electrons. The van der Waals surface area contributed by atoms with Crippen molar-refractivity contribution in [3.63, 3.8) is 0 Å². The van der Waals surface area contributed by atoms with Gasteiger partial charge in [-0.3, -0.25) is 4.79 Å². The summed E-state index contributed by atoms with van der Waals surface area (Å²) in [5, 5.41) is 2.87. The Morgan fingerprint density at radius 1 is 1.44 bits per heavy atom. The quantitative estimate of drug-likeness (QED) is 0.817. The van der Waals surface area contributed by atoms with Gasteiger partial charge in [0.2, 0.25) is 5.91 Å².